The Hall–Kier alpha value is -0.160. The van der Waals surface area contributed by atoms with E-state index in [1.54, 1.807) is 0 Å². The highest BCUT2D eigenvalue weighted by atomic mass is 16.5. The third-order valence-corrected chi connectivity index (χ3v) is 3.57. The van der Waals surface area contributed by atoms with E-state index in [1.165, 1.54) is 13.1 Å². The summed E-state index contributed by atoms with van der Waals surface area (Å²) >= 11 is 0. The summed E-state index contributed by atoms with van der Waals surface area (Å²) in [5, 5.41) is 3.39. The van der Waals surface area contributed by atoms with Crippen LogP contribution >= 0.6 is 0 Å². The fourth-order valence-corrected chi connectivity index (χ4v) is 2.50. The van der Waals surface area contributed by atoms with Gasteiger partial charge in [0.2, 0.25) is 0 Å². The number of nitrogens with one attached hydrogen (secondary N) is 1. The van der Waals surface area contributed by atoms with E-state index >= 15 is 0 Å². The molecular formula is C12H25N3O. The standard InChI is InChI=1S/C12H25N3O/c1-11(2)15-7-8-16-12(10-15)9-14-5-3-13-4-6-14/h11-13H,3-10H2,1-2H3. The van der Waals surface area contributed by atoms with Gasteiger partial charge in [0.25, 0.3) is 0 Å². The fraction of sp³-hybridized carbons (Fsp3) is 1.00. The minimum Gasteiger partial charge on any atom is -0.374 e. The molecular weight excluding hydrogens is 202 g/mol. The molecule has 0 aromatic carbocycles. The second-order valence-electron chi connectivity index (χ2n) is 5.13. The summed E-state index contributed by atoms with van der Waals surface area (Å²) in [4.78, 5) is 5.04. The summed E-state index contributed by atoms with van der Waals surface area (Å²) < 4.78 is 5.86. The van der Waals surface area contributed by atoms with Crippen LogP contribution in [0, 0.1) is 0 Å². The molecule has 0 saturated carbocycles. The molecule has 2 rings (SSSR count). The van der Waals surface area contributed by atoms with E-state index in [0.29, 0.717) is 12.1 Å². The topological polar surface area (TPSA) is 27.7 Å². The van der Waals surface area contributed by atoms with Crippen molar-refractivity contribution in [3.8, 4) is 0 Å². The Balaban J connectivity index is 1.75. The Labute approximate surface area is 98.9 Å². The average molecular weight is 227 g/mol. The van der Waals surface area contributed by atoms with Crippen LogP contribution in [-0.2, 0) is 4.74 Å². The quantitative estimate of drug-likeness (QED) is 0.734. The van der Waals surface area contributed by atoms with Crippen LogP contribution < -0.4 is 5.32 Å². The molecule has 1 unspecified atom stereocenters. The molecule has 0 aromatic rings. The van der Waals surface area contributed by atoms with E-state index in [2.05, 4.69) is 29.0 Å². The van der Waals surface area contributed by atoms with E-state index in [0.717, 1.165) is 39.3 Å². The molecule has 4 nitrogen and oxygen atoms in total. The van der Waals surface area contributed by atoms with Crippen LogP contribution in [0.25, 0.3) is 0 Å². The third-order valence-electron chi connectivity index (χ3n) is 3.57. The summed E-state index contributed by atoms with van der Waals surface area (Å²) in [6, 6.07) is 0.648. The molecule has 2 heterocycles. The molecule has 1 N–H and O–H groups in total. The SMILES string of the molecule is CC(C)N1CCOC(CN2CCNCC2)C1. The fourth-order valence-electron chi connectivity index (χ4n) is 2.50. The van der Waals surface area contributed by atoms with Crippen molar-refractivity contribution in [2.45, 2.75) is 26.0 Å². The summed E-state index contributed by atoms with van der Waals surface area (Å²) in [6.07, 6.45) is 0.411. The van der Waals surface area contributed by atoms with Gasteiger partial charge in [-0.15, -0.1) is 0 Å². The first-order valence-electron chi connectivity index (χ1n) is 6.54. The van der Waals surface area contributed by atoms with Crippen LogP contribution in [0.3, 0.4) is 0 Å². The zero-order valence-electron chi connectivity index (χ0n) is 10.6. The molecule has 1 atom stereocenters. The molecule has 16 heavy (non-hydrogen) atoms. The van der Waals surface area contributed by atoms with Crippen LogP contribution in [0.4, 0.5) is 0 Å². The molecule has 2 saturated heterocycles. The molecule has 0 aliphatic carbocycles. The molecule has 2 fully saturated rings. The predicted octanol–water partition coefficient (Wildman–Crippen LogP) is 0.000800. The van der Waals surface area contributed by atoms with E-state index in [1.807, 2.05) is 0 Å². The molecule has 94 valence electrons. The minimum absolute atomic E-state index is 0.411. The Kier molecular flexibility index (Phi) is 4.58. The maximum atomic E-state index is 5.86. The number of ether oxygens (including phenoxy) is 1. The molecule has 0 aromatic heterocycles. The number of hydrogen-bond acceptors (Lipinski definition) is 4. The number of rotatable bonds is 3. The van der Waals surface area contributed by atoms with E-state index in [-0.39, 0.29) is 0 Å². The summed E-state index contributed by atoms with van der Waals surface area (Å²) in [7, 11) is 0. The van der Waals surface area contributed by atoms with Gasteiger partial charge in [0.15, 0.2) is 0 Å². The van der Waals surface area contributed by atoms with Crippen molar-refractivity contribution < 1.29 is 4.74 Å². The Morgan fingerprint density at radius 2 is 2.00 bits per heavy atom. The number of piperazine rings is 1. The lowest BCUT2D eigenvalue weighted by atomic mass is 10.2. The van der Waals surface area contributed by atoms with Crippen LogP contribution in [0.1, 0.15) is 13.8 Å². The highest BCUT2D eigenvalue weighted by Crippen LogP contribution is 2.10. The van der Waals surface area contributed by atoms with Gasteiger partial charge < -0.3 is 10.1 Å². The van der Waals surface area contributed by atoms with Crippen LogP contribution in [0.5, 0.6) is 0 Å². The Morgan fingerprint density at radius 3 is 2.69 bits per heavy atom. The summed E-state index contributed by atoms with van der Waals surface area (Å²) in [6.45, 7) is 13.3. The van der Waals surface area contributed by atoms with Crippen molar-refractivity contribution in [2.75, 3.05) is 52.4 Å². The molecule has 0 spiro atoms. The zero-order valence-corrected chi connectivity index (χ0v) is 10.6. The van der Waals surface area contributed by atoms with Crippen molar-refractivity contribution in [1.29, 1.82) is 0 Å². The van der Waals surface area contributed by atoms with Crippen LogP contribution in [-0.4, -0.2) is 74.4 Å². The smallest absolute Gasteiger partial charge is 0.0829 e. The summed E-state index contributed by atoms with van der Waals surface area (Å²) in [5.74, 6) is 0. The molecule has 4 heteroatoms. The lowest BCUT2D eigenvalue weighted by molar-refractivity contribution is -0.0530. The van der Waals surface area contributed by atoms with Crippen molar-refractivity contribution >= 4 is 0 Å². The van der Waals surface area contributed by atoms with Gasteiger partial charge in [-0.05, 0) is 13.8 Å². The van der Waals surface area contributed by atoms with E-state index in [9.17, 15) is 0 Å². The third kappa shape index (κ3) is 3.42. The van der Waals surface area contributed by atoms with Crippen molar-refractivity contribution in [3.63, 3.8) is 0 Å². The normalized spacial score (nSPS) is 29.8. The van der Waals surface area contributed by atoms with Gasteiger partial charge in [-0.2, -0.15) is 0 Å². The second-order valence-corrected chi connectivity index (χ2v) is 5.13. The first kappa shape index (κ1) is 12.3. The summed E-state index contributed by atoms with van der Waals surface area (Å²) in [5.41, 5.74) is 0. The van der Waals surface area contributed by atoms with Crippen molar-refractivity contribution in [2.24, 2.45) is 0 Å². The monoisotopic (exact) mass is 227 g/mol. The van der Waals surface area contributed by atoms with Gasteiger partial charge in [-0.1, -0.05) is 0 Å². The van der Waals surface area contributed by atoms with E-state index in [4.69, 9.17) is 4.74 Å². The zero-order chi connectivity index (χ0) is 11.4. The van der Waals surface area contributed by atoms with Crippen molar-refractivity contribution in [1.82, 2.24) is 15.1 Å². The first-order chi connectivity index (χ1) is 7.75. The highest BCUT2D eigenvalue weighted by molar-refractivity contribution is 4.78. The van der Waals surface area contributed by atoms with Crippen molar-refractivity contribution in [3.05, 3.63) is 0 Å². The maximum absolute atomic E-state index is 5.86. The molecule has 0 bridgehead atoms. The Bertz CT molecular complexity index is 204. The number of nitrogens with zero attached hydrogens (tertiary/aromatic N) is 2. The van der Waals surface area contributed by atoms with E-state index < -0.39 is 0 Å². The van der Waals surface area contributed by atoms with Gasteiger partial charge in [0.05, 0.1) is 12.7 Å². The molecule has 0 radical (unpaired) electrons. The van der Waals surface area contributed by atoms with Gasteiger partial charge in [-0.25, -0.2) is 0 Å². The van der Waals surface area contributed by atoms with Gasteiger partial charge in [0, 0.05) is 51.9 Å². The number of hydrogen-bond donors (Lipinski definition) is 1. The molecule has 2 aliphatic heterocycles. The Morgan fingerprint density at radius 1 is 1.25 bits per heavy atom. The first-order valence-corrected chi connectivity index (χ1v) is 6.54. The molecule has 0 amide bonds. The largest absolute Gasteiger partial charge is 0.374 e. The average Bonchev–Trinajstić information content (AvgIpc) is 2.30. The highest BCUT2D eigenvalue weighted by Gasteiger charge is 2.24. The number of morpholine rings is 1. The lowest BCUT2D eigenvalue weighted by Crippen LogP contribution is -2.52. The van der Waals surface area contributed by atoms with Crippen LogP contribution in [0.2, 0.25) is 0 Å². The maximum Gasteiger partial charge on any atom is 0.0829 e. The predicted molar refractivity (Wildman–Crippen MR) is 65.8 cm³/mol. The van der Waals surface area contributed by atoms with Gasteiger partial charge >= 0.3 is 0 Å². The molecule has 2 aliphatic rings. The lowest BCUT2D eigenvalue weighted by Gasteiger charge is -2.38. The van der Waals surface area contributed by atoms with Crippen LogP contribution in [0.15, 0.2) is 0 Å². The van der Waals surface area contributed by atoms with Gasteiger partial charge in [-0.3, -0.25) is 9.80 Å². The van der Waals surface area contributed by atoms with Gasteiger partial charge in [0.1, 0.15) is 0 Å². The second kappa shape index (κ2) is 5.96. The minimum atomic E-state index is 0.411.